The van der Waals surface area contributed by atoms with Gasteiger partial charge in [0.25, 0.3) is 5.91 Å². The molecule has 0 saturated carbocycles. The minimum Gasteiger partial charge on any atom is -0.376 e. The molecule has 0 bridgehead atoms. The standard InChI is InChI=1S/C14H20N4O4S/c19-14(17-6-11-2-1-4-22-11)12-7-16-13(8-15-12)18-10-3-5-23(20,21)9-10/h7-8,10-11H,1-6,9H2,(H,16,18)(H,17,19). The van der Waals surface area contributed by atoms with Crippen molar-refractivity contribution in [1.29, 1.82) is 0 Å². The zero-order valence-electron chi connectivity index (χ0n) is 12.7. The van der Waals surface area contributed by atoms with Crippen LogP contribution in [0.2, 0.25) is 0 Å². The van der Waals surface area contributed by atoms with E-state index in [9.17, 15) is 13.2 Å². The highest BCUT2D eigenvalue weighted by Crippen LogP contribution is 2.15. The second-order valence-electron chi connectivity index (χ2n) is 5.88. The Balaban J connectivity index is 1.51. The summed E-state index contributed by atoms with van der Waals surface area (Å²) in [6.45, 7) is 1.22. The summed E-state index contributed by atoms with van der Waals surface area (Å²) in [5.41, 5.74) is 0.229. The number of hydrogen-bond donors (Lipinski definition) is 2. The molecule has 2 aliphatic heterocycles. The van der Waals surface area contributed by atoms with Crippen LogP contribution in [0, 0.1) is 0 Å². The molecule has 0 aliphatic carbocycles. The maximum atomic E-state index is 12.0. The van der Waals surface area contributed by atoms with Crippen molar-refractivity contribution in [3.05, 3.63) is 18.1 Å². The van der Waals surface area contributed by atoms with Gasteiger partial charge in [0, 0.05) is 19.2 Å². The van der Waals surface area contributed by atoms with Crippen LogP contribution >= 0.6 is 0 Å². The average molecular weight is 340 g/mol. The summed E-state index contributed by atoms with van der Waals surface area (Å²) in [4.78, 5) is 20.2. The van der Waals surface area contributed by atoms with Crippen molar-refractivity contribution in [3.8, 4) is 0 Å². The molecule has 8 nitrogen and oxygen atoms in total. The molecule has 2 N–H and O–H groups in total. The minimum atomic E-state index is -2.94. The van der Waals surface area contributed by atoms with E-state index in [1.54, 1.807) is 0 Å². The lowest BCUT2D eigenvalue weighted by Gasteiger charge is -2.12. The van der Waals surface area contributed by atoms with Crippen LogP contribution in [0.1, 0.15) is 29.8 Å². The number of nitrogens with zero attached hydrogens (tertiary/aromatic N) is 2. The van der Waals surface area contributed by atoms with Crippen LogP contribution < -0.4 is 10.6 Å². The number of anilines is 1. The number of ether oxygens (including phenoxy) is 1. The maximum Gasteiger partial charge on any atom is 0.271 e. The Kier molecular flexibility index (Phi) is 4.76. The highest BCUT2D eigenvalue weighted by atomic mass is 32.2. The molecular formula is C14H20N4O4S. The topological polar surface area (TPSA) is 110 Å². The molecule has 2 saturated heterocycles. The second kappa shape index (κ2) is 6.79. The molecule has 3 heterocycles. The first-order valence-electron chi connectivity index (χ1n) is 7.71. The largest absolute Gasteiger partial charge is 0.376 e. The molecule has 1 amide bonds. The molecule has 23 heavy (non-hydrogen) atoms. The number of nitrogens with one attached hydrogen (secondary N) is 2. The van der Waals surface area contributed by atoms with Gasteiger partial charge in [-0.2, -0.15) is 0 Å². The first-order chi connectivity index (χ1) is 11.0. The van der Waals surface area contributed by atoms with E-state index in [2.05, 4.69) is 20.6 Å². The zero-order chi connectivity index (χ0) is 16.3. The van der Waals surface area contributed by atoms with Crippen LogP contribution in [0.15, 0.2) is 12.4 Å². The third kappa shape index (κ3) is 4.38. The van der Waals surface area contributed by atoms with E-state index in [-0.39, 0.29) is 35.3 Å². The monoisotopic (exact) mass is 340 g/mol. The normalized spacial score (nSPS) is 26.1. The summed E-state index contributed by atoms with van der Waals surface area (Å²) in [6, 6.07) is -0.145. The predicted octanol–water partition coefficient (Wildman–Crippen LogP) is -0.0156. The fourth-order valence-corrected chi connectivity index (χ4v) is 4.41. The molecule has 2 unspecified atom stereocenters. The van der Waals surface area contributed by atoms with Crippen LogP contribution in [0.3, 0.4) is 0 Å². The van der Waals surface area contributed by atoms with Gasteiger partial charge in [-0.1, -0.05) is 0 Å². The Morgan fingerprint density at radius 1 is 1.30 bits per heavy atom. The number of sulfone groups is 1. The number of hydrogen-bond acceptors (Lipinski definition) is 7. The SMILES string of the molecule is O=C(NCC1CCCO1)c1cnc(NC2CCS(=O)(=O)C2)cn1. The maximum absolute atomic E-state index is 12.0. The van der Waals surface area contributed by atoms with Crippen molar-refractivity contribution in [2.75, 3.05) is 30.0 Å². The third-order valence-electron chi connectivity index (χ3n) is 3.98. The van der Waals surface area contributed by atoms with Crippen molar-refractivity contribution in [2.45, 2.75) is 31.4 Å². The van der Waals surface area contributed by atoms with Gasteiger partial charge in [-0.05, 0) is 19.3 Å². The fourth-order valence-electron chi connectivity index (χ4n) is 2.74. The van der Waals surface area contributed by atoms with Gasteiger partial charge in [-0.15, -0.1) is 0 Å². The molecule has 9 heteroatoms. The van der Waals surface area contributed by atoms with E-state index < -0.39 is 9.84 Å². The Labute approximate surface area is 135 Å². The minimum absolute atomic E-state index is 0.0807. The molecular weight excluding hydrogens is 320 g/mol. The van der Waals surface area contributed by atoms with E-state index in [0.717, 1.165) is 19.4 Å². The van der Waals surface area contributed by atoms with Crippen LogP contribution in [-0.2, 0) is 14.6 Å². The highest BCUT2D eigenvalue weighted by Gasteiger charge is 2.28. The lowest BCUT2D eigenvalue weighted by atomic mass is 10.2. The first kappa shape index (κ1) is 16.1. The average Bonchev–Trinajstić information content (AvgIpc) is 3.15. The second-order valence-corrected chi connectivity index (χ2v) is 8.10. The Hall–Kier alpha value is -1.74. The van der Waals surface area contributed by atoms with E-state index >= 15 is 0 Å². The molecule has 3 rings (SSSR count). The molecule has 126 valence electrons. The van der Waals surface area contributed by atoms with E-state index in [0.29, 0.717) is 18.8 Å². The molecule has 1 aromatic heterocycles. The van der Waals surface area contributed by atoms with Gasteiger partial charge in [-0.3, -0.25) is 4.79 Å². The van der Waals surface area contributed by atoms with Gasteiger partial charge in [0.1, 0.15) is 11.5 Å². The van der Waals surface area contributed by atoms with Gasteiger partial charge < -0.3 is 15.4 Å². The zero-order valence-corrected chi connectivity index (χ0v) is 13.5. The van der Waals surface area contributed by atoms with Gasteiger partial charge in [0.05, 0.1) is 30.0 Å². The summed E-state index contributed by atoms with van der Waals surface area (Å²) in [5, 5.41) is 5.81. The van der Waals surface area contributed by atoms with Gasteiger partial charge in [0.15, 0.2) is 9.84 Å². The Morgan fingerprint density at radius 2 is 2.17 bits per heavy atom. The van der Waals surface area contributed by atoms with Crippen molar-refractivity contribution in [3.63, 3.8) is 0 Å². The number of rotatable bonds is 5. The molecule has 2 fully saturated rings. The molecule has 2 aliphatic rings. The lowest BCUT2D eigenvalue weighted by Crippen LogP contribution is -2.32. The quantitative estimate of drug-likeness (QED) is 0.775. The molecule has 0 spiro atoms. The summed E-state index contributed by atoms with van der Waals surface area (Å²) < 4.78 is 28.3. The summed E-state index contributed by atoms with van der Waals surface area (Å²) in [6.07, 6.45) is 5.46. The van der Waals surface area contributed by atoms with E-state index in [1.165, 1.54) is 12.4 Å². The number of aromatic nitrogens is 2. The molecule has 1 aromatic rings. The van der Waals surface area contributed by atoms with Crippen molar-refractivity contribution < 1.29 is 17.9 Å². The lowest BCUT2D eigenvalue weighted by molar-refractivity contribution is 0.0853. The van der Waals surface area contributed by atoms with Crippen molar-refractivity contribution in [1.82, 2.24) is 15.3 Å². The molecule has 2 atom stereocenters. The number of carbonyl (C=O) groups is 1. The van der Waals surface area contributed by atoms with Crippen LogP contribution in [0.4, 0.5) is 5.82 Å². The number of carbonyl (C=O) groups excluding carboxylic acids is 1. The molecule has 0 aromatic carbocycles. The van der Waals surface area contributed by atoms with Crippen LogP contribution in [0.5, 0.6) is 0 Å². The van der Waals surface area contributed by atoms with E-state index in [1.807, 2.05) is 0 Å². The third-order valence-corrected chi connectivity index (χ3v) is 5.75. The summed E-state index contributed by atoms with van der Waals surface area (Å²) >= 11 is 0. The highest BCUT2D eigenvalue weighted by molar-refractivity contribution is 7.91. The van der Waals surface area contributed by atoms with Crippen molar-refractivity contribution in [2.24, 2.45) is 0 Å². The predicted molar refractivity (Wildman–Crippen MR) is 84.0 cm³/mol. The van der Waals surface area contributed by atoms with Crippen LogP contribution in [0.25, 0.3) is 0 Å². The Bertz CT molecular complexity index is 656. The van der Waals surface area contributed by atoms with E-state index in [4.69, 9.17) is 4.74 Å². The smallest absolute Gasteiger partial charge is 0.271 e. The molecule has 0 radical (unpaired) electrons. The Morgan fingerprint density at radius 3 is 2.78 bits per heavy atom. The summed E-state index contributed by atoms with van der Waals surface area (Å²) in [7, 11) is -2.94. The van der Waals surface area contributed by atoms with Gasteiger partial charge in [-0.25, -0.2) is 18.4 Å². The van der Waals surface area contributed by atoms with Crippen molar-refractivity contribution >= 4 is 21.6 Å². The fraction of sp³-hybridized carbons (Fsp3) is 0.643. The first-order valence-corrected chi connectivity index (χ1v) is 9.53. The van der Waals surface area contributed by atoms with Gasteiger partial charge >= 0.3 is 0 Å². The summed E-state index contributed by atoms with van der Waals surface area (Å²) in [5.74, 6) is 0.492. The van der Waals surface area contributed by atoms with Crippen LogP contribution in [-0.4, -0.2) is 61.1 Å². The number of amides is 1. The van der Waals surface area contributed by atoms with Gasteiger partial charge in [0.2, 0.25) is 0 Å².